The zero-order chi connectivity index (χ0) is 26.8. The maximum Gasteiger partial charge on any atom is 0.326 e. The van der Waals surface area contributed by atoms with E-state index < -0.39 is 60.2 Å². The Morgan fingerprint density at radius 1 is 1.00 bits per heavy atom. The van der Waals surface area contributed by atoms with E-state index >= 15 is 0 Å². The minimum Gasteiger partial charge on any atom is -0.481 e. The molecule has 36 heavy (non-hydrogen) atoms. The molecule has 4 atom stereocenters. The number of hydrogen-bond donors (Lipinski definition) is 7. The van der Waals surface area contributed by atoms with Crippen LogP contribution in [0.15, 0.2) is 30.5 Å². The number of carbonyl (C=O) groups excluding carboxylic acids is 3. The van der Waals surface area contributed by atoms with E-state index in [1.165, 1.54) is 18.7 Å². The van der Waals surface area contributed by atoms with E-state index in [0.717, 1.165) is 16.5 Å². The number of fused-ring (bicyclic) bond motifs is 1. The summed E-state index contributed by atoms with van der Waals surface area (Å²) in [6, 6.07) is 2.64. The second kappa shape index (κ2) is 13.5. The maximum atomic E-state index is 13.0. The van der Waals surface area contributed by atoms with Crippen LogP contribution >= 0.6 is 11.8 Å². The lowest BCUT2D eigenvalue weighted by Gasteiger charge is -2.23. The lowest BCUT2D eigenvalue weighted by molar-refractivity contribution is -0.142. The van der Waals surface area contributed by atoms with Crippen molar-refractivity contribution in [1.82, 2.24) is 20.9 Å². The van der Waals surface area contributed by atoms with Crippen LogP contribution in [-0.2, 0) is 30.4 Å². The van der Waals surface area contributed by atoms with Crippen molar-refractivity contribution in [1.29, 1.82) is 0 Å². The Balaban J connectivity index is 2.06. The van der Waals surface area contributed by atoms with E-state index in [2.05, 4.69) is 20.9 Å². The second-order valence-electron chi connectivity index (χ2n) is 8.24. The van der Waals surface area contributed by atoms with Crippen molar-refractivity contribution in [2.45, 2.75) is 50.4 Å². The maximum absolute atomic E-state index is 13.0. The first-order valence-corrected chi connectivity index (χ1v) is 12.6. The second-order valence-corrected chi connectivity index (χ2v) is 9.23. The van der Waals surface area contributed by atoms with Gasteiger partial charge in [-0.3, -0.25) is 19.2 Å². The van der Waals surface area contributed by atoms with Crippen LogP contribution in [0.3, 0.4) is 0 Å². The molecule has 0 aliphatic heterocycles. The smallest absolute Gasteiger partial charge is 0.326 e. The van der Waals surface area contributed by atoms with Crippen molar-refractivity contribution < 1.29 is 34.2 Å². The summed E-state index contributed by atoms with van der Waals surface area (Å²) in [5.41, 5.74) is 7.07. The zero-order valence-electron chi connectivity index (χ0n) is 19.9. The number of thioether (sulfide) groups is 1. The molecule has 8 N–H and O–H groups in total. The van der Waals surface area contributed by atoms with Crippen molar-refractivity contribution in [3.05, 3.63) is 36.0 Å². The fourth-order valence-corrected chi connectivity index (χ4v) is 3.93. The van der Waals surface area contributed by atoms with Gasteiger partial charge in [0.1, 0.15) is 18.1 Å². The lowest BCUT2D eigenvalue weighted by atomic mass is 10.0. The highest BCUT2D eigenvalue weighted by Gasteiger charge is 2.29. The summed E-state index contributed by atoms with van der Waals surface area (Å²) >= 11 is 1.44. The molecule has 12 nitrogen and oxygen atoms in total. The number of nitrogens with two attached hydrogens (primary N) is 1. The number of H-pyrrole nitrogens is 1. The van der Waals surface area contributed by atoms with Crippen LogP contribution < -0.4 is 21.7 Å². The standard InChI is InChI=1S/C23H31N5O7S/c1-12(26-21(32)15(24)10-19(29)30)20(31)27-17(7-8-36-2)22(33)28-18(23(34)35)9-13-11-25-16-6-4-3-5-14(13)16/h3-6,11-12,15,17-18,25H,7-10,24H2,1-2H3,(H,26,32)(H,27,31)(H,28,33)(H,29,30)(H,34,35). The van der Waals surface area contributed by atoms with Gasteiger partial charge in [0.15, 0.2) is 0 Å². The number of aromatic nitrogens is 1. The molecule has 3 amide bonds. The molecule has 196 valence electrons. The van der Waals surface area contributed by atoms with Gasteiger partial charge in [0.25, 0.3) is 0 Å². The topological polar surface area (TPSA) is 204 Å². The number of nitrogens with one attached hydrogen (secondary N) is 4. The lowest BCUT2D eigenvalue weighted by Crippen LogP contribution is -2.56. The molecular formula is C23H31N5O7S. The van der Waals surface area contributed by atoms with E-state index in [0.29, 0.717) is 5.75 Å². The molecule has 4 unspecified atom stereocenters. The van der Waals surface area contributed by atoms with Crippen LogP contribution in [0.2, 0.25) is 0 Å². The van der Waals surface area contributed by atoms with Gasteiger partial charge in [-0.2, -0.15) is 11.8 Å². The van der Waals surface area contributed by atoms with Gasteiger partial charge >= 0.3 is 11.9 Å². The molecular weight excluding hydrogens is 490 g/mol. The van der Waals surface area contributed by atoms with Crippen LogP contribution in [0.1, 0.15) is 25.3 Å². The van der Waals surface area contributed by atoms with E-state index in [9.17, 15) is 29.1 Å². The van der Waals surface area contributed by atoms with E-state index in [4.69, 9.17) is 10.8 Å². The van der Waals surface area contributed by atoms with Crippen LogP contribution in [0, 0.1) is 0 Å². The summed E-state index contributed by atoms with van der Waals surface area (Å²) < 4.78 is 0. The van der Waals surface area contributed by atoms with Crippen LogP contribution in [-0.4, -0.2) is 81.0 Å². The van der Waals surface area contributed by atoms with Gasteiger partial charge in [-0.25, -0.2) is 4.79 Å². The Bertz CT molecular complexity index is 1110. The number of rotatable bonds is 14. The highest BCUT2D eigenvalue weighted by molar-refractivity contribution is 7.98. The Labute approximate surface area is 211 Å². The van der Waals surface area contributed by atoms with Crippen molar-refractivity contribution in [3.8, 4) is 0 Å². The van der Waals surface area contributed by atoms with E-state index in [1.807, 2.05) is 30.5 Å². The number of aromatic amines is 1. The number of carboxylic acids is 2. The van der Waals surface area contributed by atoms with Crippen molar-refractivity contribution in [2.75, 3.05) is 12.0 Å². The summed E-state index contributed by atoms with van der Waals surface area (Å²) in [4.78, 5) is 63.3. The minimum absolute atomic E-state index is 0.0300. The number of hydrogen-bond acceptors (Lipinski definition) is 7. The van der Waals surface area contributed by atoms with Gasteiger partial charge in [-0.1, -0.05) is 18.2 Å². The molecule has 2 aromatic rings. The van der Waals surface area contributed by atoms with Gasteiger partial charge in [-0.15, -0.1) is 0 Å². The van der Waals surface area contributed by atoms with Gasteiger partial charge in [0.05, 0.1) is 12.5 Å². The van der Waals surface area contributed by atoms with Gasteiger partial charge in [-0.05, 0) is 37.0 Å². The number of carboxylic acid groups (broad SMARTS) is 2. The molecule has 0 saturated carbocycles. The molecule has 13 heteroatoms. The number of amides is 3. The number of carbonyl (C=O) groups is 5. The Kier molecular flexibility index (Phi) is 10.7. The molecule has 1 heterocycles. The van der Waals surface area contributed by atoms with Gasteiger partial charge < -0.3 is 36.9 Å². The summed E-state index contributed by atoms with van der Waals surface area (Å²) in [7, 11) is 0. The first-order chi connectivity index (χ1) is 17.0. The fourth-order valence-electron chi connectivity index (χ4n) is 3.46. The molecule has 2 rings (SSSR count). The molecule has 0 bridgehead atoms. The SMILES string of the molecule is CSCCC(NC(=O)C(C)NC(=O)C(N)CC(=O)O)C(=O)NC(Cc1c[nH]c2ccccc12)C(=O)O. The average Bonchev–Trinajstić information content (AvgIpc) is 3.23. The minimum atomic E-state index is -1.34. The van der Waals surface area contributed by atoms with E-state index in [-0.39, 0.29) is 12.8 Å². The summed E-state index contributed by atoms with van der Waals surface area (Å²) in [5.74, 6) is -4.18. The molecule has 0 aliphatic carbocycles. The molecule has 0 spiro atoms. The van der Waals surface area contributed by atoms with Crippen molar-refractivity contribution in [2.24, 2.45) is 5.73 Å². The van der Waals surface area contributed by atoms with Gasteiger partial charge in [0.2, 0.25) is 17.7 Å². The van der Waals surface area contributed by atoms with Crippen molar-refractivity contribution >= 4 is 52.3 Å². The summed E-state index contributed by atoms with van der Waals surface area (Å²) in [6.45, 7) is 1.36. The highest BCUT2D eigenvalue weighted by atomic mass is 32.2. The normalized spacial score (nSPS) is 14.3. The number of para-hydroxylation sites is 1. The third-order valence-electron chi connectivity index (χ3n) is 5.44. The number of aliphatic carboxylic acids is 2. The van der Waals surface area contributed by atoms with Crippen LogP contribution in [0.25, 0.3) is 10.9 Å². The summed E-state index contributed by atoms with van der Waals surface area (Å²) in [5, 5.41) is 26.7. The Morgan fingerprint density at radius 3 is 2.31 bits per heavy atom. The predicted octanol–water partition coefficient (Wildman–Crippen LogP) is -0.176. The third-order valence-corrected chi connectivity index (χ3v) is 6.08. The first kappa shape index (κ1) is 28.7. The third kappa shape index (κ3) is 8.27. The average molecular weight is 522 g/mol. The molecule has 0 fully saturated rings. The Hall–Kier alpha value is -3.58. The molecule has 1 aromatic carbocycles. The van der Waals surface area contributed by atoms with E-state index in [1.54, 1.807) is 6.20 Å². The molecule has 0 radical (unpaired) electrons. The number of benzene rings is 1. The monoisotopic (exact) mass is 521 g/mol. The predicted molar refractivity (Wildman–Crippen MR) is 134 cm³/mol. The fraction of sp³-hybridized carbons (Fsp3) is 0.435. The molecule has 1 aromatic heterocycles. The van der Waals surface area contributed by atoms with Gasteiger partial charge in [0, 0.05) is 23.5 Å². The molecule has 0 saturated heterocycles. The summed E-state index contributed by atoms with van der Waals surface area (Å²) in [6.07, 6.45) is 3.16. The molecule has 0 aliphatic rings. The highest BCUT2D eigenvalue weighted by Crippen LogP contribution is 2.19. The van der Waals surface area contributed by atoms with Crippen LogP contribution in [0.4, 0.5) is 0 Å². The zero-order valence-corrected chi connectivity index (χ0v) is 20.8. The van der Waals surface area contributed by atoms with Crippen molar-refractivity contribution in [3.63, 3.8) is 0 Å². The quantitative estimate of drug-likeness (QED) is 0.176. The van der Waals surface area contributed by atoms with Crippen LogP contribution in [0.5, 0.6) is 0 Å². The first-order valence-electron chi connectivity index (χ1n) is 11.2. The largest absolute Gasteiger partial charge is 0.481 e. The Morgan fingerprint density at radius 2 is 1.67 bits per heavy atom.